The van der Waals surface area contributed by atoms with Crippen LogP contribution in [-0.2, 0) is 0 Å². The first-order chi connectivity index (χ1) is 8.22. The van der Waals surface area contributed by atoms with E-state index in [0.717, 1.165) is 11.1 Å². The molecule has 0 bridgehead atoms. The molecule has 84 valence electrons. The summed E-state index contributed by atoms with van der Waals surface area (Å²) in [4.78, 5) is 4.38. The van der Waals surface area contributed by atoms with Crippen molar-refractivity contribution in [2.24, 2.45) is 0 Å². The molecule has 4 heteroatoms. The monoisotopic (exact) mass is 263 g/mol. The number of oxazole rings is 1. The topological polar surface area (TPSA) is 26.0 Å². The largest absolute Gasteiger partial charge is 0.436 e. The number of halogens is 2. The Kier molecular flexibility index (Phi) is 2.54. The Morgan fingerprint density at radius 3 is 2.59 bits per heavy atom. The third-order valence-corrected chi connectivity index (χ3v) is 2.89. The molecule has 0 fully saturated rings. The molecule has 1 aromatic heterocycles. The molecule has 0 unspecified atom stereocenters. The quantitative estimate of drug-likeness (QED) is 0.630. The zero-order valence-electron chi connectivity index (χ0n) is 8.65. The van der Waals surface area contributed by atoms with Crippen molar-refractivity contribution < 1.29 is 4.42 Å². The van der Waals surface area contributed by atoms with Gasteiger partial charge in [-0.1, -0.05) is 29.3 Å². The van der Waals surface area contributed by atoms with Crippen LogP contribution in [0.2, 0.25) is 10.0 Å². The highest BCUT2D eigenvalue weighted by atomic mass is 35.5. The van der Waals surface area contributed by atoms with E-state index in [4.69, 9.17) is 27.6 Å². The normalized spacial score (nSPS) is 10.9. The second kappa shape index (κ2) is 4.06. The highest BCUT2D eigenvalue weighted by Gasteiger charge is 2.08. The molecule has 0 N–H and O–H groups in total. The van der Waals surface area contributed by atoms with Crippen LogP contribution in [0.25, 0.3) is 22.6 Å². The van der Waals surface area contributed by atoms with E-state index in [1.54, 1.807) is 12.1 Å². The molecule has 2 nitrogen and oxygen atoms in total. The number of benzene rings is 2. The van der Waals surface area contributed by atoms with Crippen molar-refractivity contribution in [1.29, 1.82) is 0 Å². The third kappa shape index (κ3) is 2.02. The number of aromatic nitrogens is 1. The Labute approximate surface area is 108 Å². The van der Waals surface area contributed by atoms with Gasteiger partial charge in [-0.15, -0.1) is 0 Å². The van der Waals surface area contributed by atoms with Gasteiger partial charge in [0.05, 0.1) is 0 Å². The fraction of sp³-hybridized carbons (Fsp3) is 0. The van der Waals surface area contributed by atoms with Crippen LogP contribution in [0.5, 0.6) is 0 Å². The van der Waals surface area contributed by atoms with Gasteiger partial charge in [0, 0.05) is 21.7 Å². The van der Waals surface area contributed by atoms with E-state index in [0.29, 0.717) is 21.5 Å². The molecule has 3 aromatic rings. The van der Waals surface area contributed by atoms with Gasteiger partial charge in [-0.25, -0.2) is 4.98 Å². The van der Waals surface area contributed by atoms with E-state index in [2.05, 4.69) is 4.98 Å². The van der Waals surface area contributed by atoms with E-state index in [1.807, 2.05) is 30.3 Å². The van der Waals surface area contributed by atoms with Gasteiger partial charge in [0.1, 0.15) is 5.52 Å². The van der Waals surface area contributed by atoms with Gasteiger partial charge < -0.3 is 4.42 Å². The number of hydrogen-bond acceptors (Lipinski definition) is 2. The number of fused-ring (bicyclic) bond motifs is 1. The van der Waals surface area contributed by atoms with Crippen LogP contribution in [0.4, 0.5) is 0 Å². The lowest BCUT2D eigenvalue weighted by atomic mass is 10.2. The van der Waals surface area contributed by atoms with Crippen molar-refractivity contribution in [2.45, 2.75) is 0 Å². The predicted molar refractivity (Wildman–Crippen MR) is 69.5 cm³/mol. The Bertz CT molecular complexity index is 691. The third-order valence-electron chi connectivity index (χ3n) is 2.42. The lowest BCUT2D eigenvalue weighted by Crippen LogP contribution is -1.76. The molecular formula is C13H7Cl2NO. The van der Waals surface area contributed by atoms with Gasteiger partial charge in [0.2, 0.25) is 5.89 Å². The molecule has 1 heterocycles. The van der Waals surface area contributed by atoms with Gasteiger partial charge in [-0.3, -0.25) is 0 Å². The van der Waals surface area contributed by atoms with Crippen LogP contribution in [0.15, 0.2) is 46.9 Å². The minimum absolute atomic E-state index is 0.546. The summed E-state index contributed by atoms with van der Waals surface area (Å²) < 4.78 is 5.64. The van der Waals surface area contributed by atoms with E-state index in [-0.39, 0.29) is 0 Å². The summed E-state index contributed by atoms with van der Waals surface area (Å²) in [6.07, 6.45) is 0. The van der Waals surface area contributed by atoms with Gasteiger partial charge in [0.15, 0.2) is 5.58 Å². The maximum atomic E-state index is 5.93. The number of nitrogens with zero attached hydrogens (tertiary/aromatic N) is 1. The van der Waals surface area contributed by atoms with E-state index in [9.17, 15) is 0 Å². The molecule has 3 rings (SSSR count). The van der Waals surface area contributed by atoms with Crippen molar-refractivity contribution in [3.63, 3.8) is 0 Å². The molecule has 0 radical (unpaired) electrons. The number of rotatable bonds is 1. The summed E-state index contributed by atoms with van der Waals surface area (Å²) in [6, 6.07) is 12.7. The zero-order chi connectivity index (χ0) is 11.8. The second-order valence-electron chi connectivity index (χ2n) is 3.64. The molecule has 0 atom stereocenters. The molecule has 17 heavy (non-hydrogen) atoms. The summed E-state index contributed by atoms with van der Waals surface area (Å²) in [5.74, 6) is 0.546. The van der Waals surface area contributed by atoms with Crippen molar-refractivity contribution in [1.82, 2.24) is 4.98 Å². The van der Waals surface area contributed by atoms with Crippen LogP contribution in [0, 0.1) is 0 Å². The summed E-state index contributed by atoms with van der Waals surface area (Å²) >= 11 is 11.8. The van der Waals surface area contributed by atoms with Gasteiger partial charge in [-0.2, -0.15) is 0 Å². The molecule has 0 spiro atoms. The summed E-state index contributed by atoms with van der Waals surface area (Å²) in [6.45, 7) is 0. The lowest BCUT2D eigenvalue weighted by Gasteiger charge is -1.94. The molecule has 0 saturated carbocycles. The first-order valence-electron chi connectivity index (χ1n) is 5.04. The zero-order valence-corrected chi connectivity index (χ0v) is 10.2. The average molecular weight is 264 g/mol. The Morgan fingerprint density at radius 2 is 1.76 bits per heavy atom. The van der Waals surface area contributed by atoms with E-state index in [1.165, 1.54) is 0 Å². The highest BCUT2D eigenvalue weighted by molar-refractivity contribution is 6.31. The smallest absolute Gasteiger partial charge is 0.227 e. The fourth-order valence-electron chi connectivity index (χ4n) is 1.64. The van der Waals surface area contributed by atoms with Crippen LogP contribution >= 0.6 is 23.2 Å². The molecule has 0 aliphatic carbocycles. The lowest BCUT2D eigenvalue weighted by molar-refractivity contribution is 0.620. The first-order valence-corrected chi connectivity index (χ1v) is 5.80. The van der Waals surface area contributed by atoms with E-state index >= 15 is 0 Å². The van der Waals surface area contributed by atoms with Gasteiger partial charge >= 0.3 is 0 Å². The van der Waals surface area contributed by atoms with Crippen LogP contribution < -0.4 is 0 Å². The fourth-order valence-corrected chi connectivity index (χ4v) is 2.00. The van der Waals surface area contributed by atoms with Crippen molar-refractivity contribution in [3.8, 4) is 11.5 Å². The standard InChI is InChI=1S/C13H7Cl2NO/c14-9-3-1-2-8(6-9)13-16-11-5-4-10(15)7-12(11)17-13/h1-7H. The van der Waals surface area contributed by atoms with Crippen LogP contribution in [0.1, 0.15) is 0 Å². The highest BCUT2D eigenvalue weighted by Crippen LogP contribution is 2.27. The first kappa shape index (κ1) is 10.6. The predicted octanol–water partition coefficient (Wildman–Crippen LogP) is 4.80. The Balaban J connectivity index is 2.18. The van der Waals surface area contributed by atoms with Crippen molar-refractivity contribution in [3.05, 3.63) is 52.5 Å². The minimum Gasteiger partial charge on any atom is -0.436 e. The van der Waals surface area contributed by atoms with Crippen LogP contribution in [0.3, 0.4) is 0 Å². The maximum Gasteiger partial charge on any atom is 0.227 e. The van der Waals surface area contributed by atoms with Crippen LogP contribution in [-0.4, -0.2) is 4.98 Å². The van der Waals surface area contributed by atoms with Gasteiger partial charge in [-0.05, 0) is 30.3 Å². The van der Waals surface area contributed by atoms with Gasteiger partial charge in [0.25, 0.3) is 0 Å². The molecule has 0 aliphatic rings. The minimum atomic E-state index is 0.546. The molecule has 0 aliphatic heterocycles. The van der Waals surface area contributed by atoms with E-state index < -0.39 is 0 Å². The second-order valence-corrected chi connectivity index (χ2v) is 4.51. The molecular weight excluding hydrogens is 257 g/mol. The average Bonchev–Trinajstić information content (AvgIpc) is 2.72. The van der Waals surface area contributed by atoms with Crippen molar-refractivity contribution >= 4 is 34.3 Å². The molecule has 0 amide bonds. The summed E-state index contributed by atoms with van der Waals surface area (Å²) in [5, 5.41) is 1.29. The Morgan fingerprint density at radius 1 is 0.941 bits per heavy atom. The summed E-state index contributed by atoms with van der Waals surface area (Å²) in [5.41, 5.74) is 2.31. The summed E-state index contributed by atoms with van der Waals surface area (Å²) in [7, 11) is 0. The number of hydrogen-bond donors (Lipinski definition) is 0. The maximum absolute atomic E-state index is 5.93. The molecule has 0 saturated heterocycles. The Hall–Kier alpha value is -1.51. The SMILES string of the molecule is Clc1cccc(-c2nc3ccc(Cl)cc3o2)c1. The van der Waals surface area contributed by atoms with Crippen molar-refractivity contribution in [2.75, 3.05) is 0 Å². The molecule has 2 aromatic carbocycles.